The van der Waals surface area contributed by atoms with E-state index in [1.807, 2.05) is 6.07 Å². The molecule has 1 aromatic rings. The molecular weight excluding hydrogens is 194 g/mol. The minimum atomic E-state index is -0.394. The van der Waals surface area contributed by atoms with E-state index in [2.05, 4.69) is 4.74 Å². The van der Waals surface area contributed by atoms with E-state index < -0.39 is 5.97 Å². The smallest absolute Gasteiger partial charge is 0.338 e. The zero-order valence-electron chi connectivity index (χ0n) is 8.61. The Morgan fingerprint density at radius 1 is 1.47 bits per heavy atom. The van der Waals surface area contributed by atoms with E-state index >= 15 is 0 Å². The maximum absolute atomic E-state index is 11.5. The van der Waals surface area contributed by atoms with E-state index in [0.717, 1.165) is 11.3 Å². The number of nitrogens with zero attached hydrogens (tertiary/aromatic N) is 1. The quantitative estimate of drug-likeness (QED) is 0.642. The van der Waals surface area contributed by atoms with Crippen LogP contribution in [-0.4, -0.2) is 26.0 Å². The third kappa shape index (κ3) is 1.38. The van der Waals surface area contributed by atoms with E-state index in [0.29, 0.717) is 5.56 Å². The fourth-order valence-electron chi connectivity index (χ4n) is 1.78. The Balaban J connectivity index is 2.54. The third-order valence-corrected chi connectivity index (χ3v) is 2.62. The number of hydrogen-bond donors (Lipinski definition) is 0. The van der Waals surface area contributed by atoms with Crippen molar-refractivity contribution in [3.05, 3.63) is 29.3 Å². The van der Waals surface area contributed by atoms with Crippen LogP contribution in [0.4, 0.5) is 5.69 Å². The summed E-state index contributed by atoms with van der Waals surface area (Å²) in [5.41, 5.74) is 2.03. The number of hydrogen-bond acceptors (Lipinski definition) is 3. The molecule has 0 N–H and O–H groups in total. The van der Waals surface area contributed by atoms with Crippen LogP contribution in [0.1, 0.15) is 15.9 Å². The van der Waals surface area contributed by atoms with Crippen molar-refractivity contribution in [3.63, 3.8) is 0 Å². The Morgan fingerprint density at radius 3 is 2.87 bits per heavy atom. The lowest BCUT2D eigenvalue weighted by Gasteiger charge is -2.10. The fourth-order valence-corrected chi connectivity index (χ4v) is 1.78. The van der Waals surface area contributed by atoms with Gasteiger partial charge in [-0.3, -0.25) is 4.79 Å². The predicted molar refractivity (Wildman–Crippen MR) is 54.9 cm³/mol. The molecule has 0 unspecified atom stereocenters. The van der Waals surface area contributed by atoms with Crippen molar-refractivity contribution in [3.8, 4) is 0 Å². The van der Waals surface area contributed by atoms with Crippen LogP contribution in [0.15, 0.2) is 18.2 Å². The van der Waals surface area contributed by atoms with Crippen molar-refractivity contribution in [2.75, 3.05) is 19.1 Å². The molecule has 0 fully saturated rings. The van der Waals surface area contributed by atoms with Gasteiger partial charge < -0.3 is 9.64 Å². The van der Waals surface area contributed by atoms with Crippen molar-refractivity contribution >= 4 is 17.6 Å². The summed E-state index contributed by atoms with van der Waals surface area (Å²) in [6.07, 6.45) is 0.275. The zero-order chi connectivity index (χ0) is 11.0. The second-order valence-electron chi connectivity index (χ2n) is 3.42. The lowest BCUT2D eigenvalue weighted by molar-refractivity contribution is -0.117. The van der Waals surface area contributed by atoms with E-state index in [4.69, 9.17) is 0 Å². The first-order valence-corrected chi connectivity index (χ1v) is 4.62. The van der Waals surface area contributed by atoms with Crippen LogP contribution in [-0.2, 0) is 16.0 Å². The monoisotopic (exact) mass is 205 g/mol. The lowest BCUT2D eigenvalue weighted by atomic mass is 10.1. The molecule has 0 bridgehead atoms. The first kappa shape index (κ1) is 9.71. The average Bonchev–Trinajstić information content (AvgIpc) is 2.54. The summed E-state index contributed by atoms with van der Waals surface area (Å²) in [7, 11) is 3.04. The standard InChI is InChI=1S/C11H11NO3/c1-12-9-5-3-4-7(11(14)15-2)8(9)6-10(12)13/h3-5H,6H2,1-2H3. The number of carbonyl (C=O) groups excluding carboxylic acids is 2. The molecular formula is C11H11NO3. The van der Waals surface area contributed by atoms with E-state index in [-0.39, 0.29) is 12.3 Å². The van der Waals surface area contributed by atoms with Gasteiger partial charge in [-0.1, -0.05) is 6.07 Å². The van der Waals surface area contributed by atoms with Gasteiger partial charge in [-0.05, 0) is 17.7 Å². The van der Waals surface area contributed by atoms with Gasteiger partial charge in [0.05, 0.1) is 19.1 Å². The molecule has 1 amide bonds. The Bertz CT molecular complexity index is 439. The number of ether oxygens (including phenoxy) is 1. The van der Waals surface area contributed by atoms with E-state index in [1.165, 1.54) is 7.11 Å². The number of anilines is 1. The maximum Gasteiger partial charge on any atom is 0.338 e. The van der Waals surface area contributed by atoms with Gasteiger partial charge in [0.1, 0.15) is 0 Å². The number of esters is 1. The summed E-state index contributed by atoms with van der Waals surface area (Å²) < 4.78 is 4.66. The van der Waals surface area contributed by atoms with Crippen LogP contribution >= 0.6 is 0 Å². The Labute approximate surface area is 87.4 Å². The number of amides is 1. The molecule has 4 nitrogen and oxygen atoms in total. The van der Waals surface area contributed by atoms with E-state index in [1.54, 1.807) is 24.1 Å². The molecule has 1 aliphatic heterocycles. The van der Waals surface area contributed by atoms with Gasteiger partial charge in [-0.25, -0.2) is 4.79 Å². The number of rotatable bonds is 1. The van der Waals surface area contributed by atoms with Crippen LogP contribution in [0.25, 0.3) is 0 Å². The highest BCUT2D eigenvalue weighted by Gasteiger charge is 2.28. The van der Waals surface area contributed by atoms with Crippen LogP contribution in [0.5, 0.6) is 0 Å². The van der Waals surface area contributed by atoms with Crippen LogP contribution < -0.4 is 4.90 Å². The SMILES string of the molecule is COC(=O)c1cccc2c1CC(=O)N2C. The van der Waals surface area contributed by atoms with Crippen molar-refractivity contribution < 1.29 is 14.3 Å². The van der Waals surface area contributed by atoms with Crippen molar-refractivity contribution in [2.45, 2.75) is 6.42 Å². The molecule has 2 rings (SSSR count). The normalized spacial score (nSPS) is 14.0. The summed E-state index contributed by atoms with van der Waals surface area (Å²) in [5.74, 6) is -0.392. The Morgan fingerprint density at radius 2 is 2.20 bits per heavy atom. The number of benzene rings is 1. The molecule has 0 atom stereocenters. The summed E-state index contributed by atoms with van der Waals surface area (Å²) in [5, 5.41) is 0. The highest BCUT2D eigenvalue weighted by molar-refractivity contribution is 6.05. The second kappa shape index (κ2) is 3.38. The number of fused-ring (bicyclic) bond motifs is 1. The predicted octanol–water partition coefficient (Wildman–Crippen LogP) is 0.992. The molecule has 0 aliphatic carbocycles. The van der Waals surface area contributed by atoms with Crippen LogP contribution in [0, 0.1) is 0 Å². The summed E-state index contributed by atoms with van der Waals surface area (Å²) >= 11 is 0. The molecule has 0 aromatic heterocycles. The number of likely N-dealkylation sites (N-methyl/N-ethyl adjacent to an activating group) is 1. The van der Waals surface area contributed by atoms with E-state index in [9.17, 15) is 9.59 Å². The third-order valence-electron chi connectivity index (χ3n) is 2.62. The first-order chi connectivity index (χ1) is 7.15. The van der Waals surface area contributed by atoms with Gasteiger partial charge in [-0.15, -0.1) is 0 Å². The Hall–Kier alpha value is -1.84. The van der Waals surface area contributed by atoms with Gasteiger partial charge in [0.15, 0.2) is 0 Å². The minimum Gasteiger partial charge on any atom is -0.465 e. The largest absolute Gasteiger partial charge is 0.465 e. The number of methoxy groups -OCH3 is 1. The molecule has 1 aliphatic rings. The van der Waals surface area contributed by atoms with Gasteiger partial charge in [0, 0.05) is 12.7 Å². The molecule has 15 heavy (non-hydrogen) atoms. The molecule has 1 aromatic carbocycles. The van der Waals surface area contributed by atoms with Crippen molar-refractivity contribution in [2.24, 2.45) is 0 Å². The van der Waals surface area contributed by atoms with Gasteiger partial charge in [0.25, 0.3) is 0 Å². The fraction of sp³-hybridized carbons (Fsp3) is 0.273. The summed E-state index contributed by atoms with van der Waals surface area (Å²) in [4.78, 5) is 24.5. The number of carbonyl (C=O) groups is 2. The molecule has 0 radical (unpaired) electrons. The van der Waals surface area contributed by atoms with Crippen LogP contribution in [0.3, 0.4) is 0 Å². The van der Waals surface area contributed by atoms with Crippen molar-refractivity contribution in [1.82, 2.24) is 0 Å². The van der Waals surface area contributed by atoms with Crippen LogP contribution in [0.2, 0.25) is 0 Å². The topological polar surface area (TPSA) is 46.6 Å². The van der Waals surface area contributed by atoms with Gasteiger partial charge >= 0.3 is 5.97 Å². The molecule has 0 spiro atoms. The van der Waals surface area contributed by atoms with Gasteiger partial charge in [-0.2, -0.15) is 0 Å². The average molecular weight is 205 g/mol. The maximum atomic E-state index is 11.5. The summed E-state index contributed by atoms with van der Waals surface area (Å²) in [6, 6.07) is 5.25. The minimum absolute atomic E-state index is 0.00125. The molecule has 4 heteroatoms. The van der Waals surface area contributed by atoms with Gasteiger partial charge in [0.2, 0.25) is 5.91 Å². The first-order valence-electron chi connectivity index (χ1n) is 4.62. The second-order valence-corrected chi connectivity index (χ2v) is 3.42. The molecule has 1 heterocycles. The zero-order valence-corrected chi connectivity index (χ0v) is 8.61. The molecule has 0 saturated heterocycles. The lowest BCUT2D eigenvalue weighted by Crippen LogP contribution is -2.20. The molecule has 0 saturated carbocycles. The Kier molecular flexibility index (Phi) is 2.19. The summed E-state index contributed by atoms with van der Waals surface area (Å²) in [6.45, 7) is 0. The molecule has 78 valence electrons. The highest BCUT2D eigenvalue weighted by Crippen LogP contribution is 2.30. The highest BCUT2D eigenvalue weighted by atomic mass is 16.5. The van der Waals surface area contributed by atoms with Crippen molar-refractivity contribution in [1.29, 1.82) is 0 Å².